The first kappa shape index (κ1) is 17.8. The molecule has 2 rings (SSSR count). The third kappa shape index (κ3) is 5.54. The number of carbonyl (C=O) groups is 2. The number of hydrogen-bond acceptors (Lipinski definition) is 5. The molecular weight excluding hydrogens is 331 g/mol. The Balaban J connectivity index is 1.87. The van der Waals surface area contributed by atoms with Crippen LogP contribution in [-0.4, -0.2) is 23.4 Å². The van der Waals surface area contributed by atoms with Gasteiger partial charge in [0, 0.05) is 17.8 Å². The molecule has 7 nitrogen and oxygen atoms in total. The van der Waals surface area contributed by atoms with Gasteiger partial charge in [0.05, 0.1) is 10.5 Å². The zero-order valence-electron chi connectivity index (χ0n) is 12.8. The number of nitrogens with zero attached hydrogens (tertiary/aromatic N) is 1. The summed E-state index contributed by atoms with van der Waals surface area (Å²) in [5, 5.41) is 13.3. The Hall–Kier alpha value is -3.55. The molecule has 0 bridgehead atoms. The summed E-state index contributed by atoms with van der Waals surface area (Å²) in [5.41, 5.74) is 0.443. The number of nitro groups is 1. The molecule has 0 fully saturated rings. The number of carbonyl (C=O) groups excluding carboxylic acids is 2. The van der Waals surface area contributed by atoms with Gasteiger partial charge in [-0.1, -0.05) is 12.1 Å². The van der Waals surface area contributed by atoms with Crippen LogP contribution >= 0.6 is 0 Å². The molecule has 0 atom stereocenters. The highest BCUT2D eigenvalue weighted by Gasteiger charge is 2.10. The first-order valence-electron chi connectivity index (χ1n) is 7.09. The largest absolute Gasteiger partial charge is 0.452 e. The number of nitrogens with one attached hydrogen (secondary N) is 1. The summed E-state index contributed by atoms with van der Waals surface area (Å²) in [5.74, 6) is -1.86. The molecule has 1 amide bonds. The molecule has 1 N–H and O–H groups in total. The van der Waals surface area contributed by atoms with Crippen molar-refractivity contribution >= 4 is 29.3 Å². The van der Waals surface area contributed by atoms with Gasteiger partial charge >= 0.3 is 5.97 Å². The second-order valence-corrected chi connectivity index (χ2v) is 4.81. The summed E-state index contributed by atoms with van der Waals surface area (Å²) in [4.78, 5) is 33.5. The van der Waals surface area contributed by atoms with Crippen molar-refractivity contribution in [3.8, 4) is 0 Å². The molecule has 128 valence electrons. The van der Waals surface area contributed by atoms with Gasteiger partial charge in [-0.15, -0.1) is 0 Å². The van der Waals surface area contributed by atoms with E-state index < -0.39 is 29.2 Å². The minimum atomic E-state index is -0.826. The first-order chi connectivity index (χ1) is 12.0. The molecule has 25 heavy (non-hydrogen) atoms. The number of nitro benzene ring substituents is 1. The van der Waals surface area contributed by atoms with Crippen LogP contribution in [0.25, 0.3) is 6.08 Å². The number of esters is 1. The van der Waals surface area contributed by atoms with Crippen LogP contribution in [0.4, 0.5) is 15.8 Å². The number of para-hydroxylation sites is 1. The molecule has 0 radical (unpaired) electrons. The summed E-state index contributed by atoms with van der Waals surface area (Å²) in [6, 6.07) is 11.0. The maximum absolute atomic E-state index is 12.7. The SMILES string of the molecule is O=C(COC(=O)C=Cc1ccccc1[N+](=O)[O-])Nc1ccc(F)cc1. The lowest BCUT2D eigenvalue weighted by Gasteiger charge is -2.05. The highest BCUT2D eigenvalue weighted by molar-refractivity contribution is 5.94. The van der Waals surface area contributed by atoms with Crippen LogP contribution in [0, 0.1) is 15.9 Å². The van der Waals surface area contributed by atoms with Crippen molar-refractivity contribution in [2.24, 2.45) is 0 Å². The summed E-state index contributed by atoms with van der Waals surface area (Å²) in [6.45, 7) is -0.544. The summed E-state index contributed by atoms with van der Waals surface area (Å²) >= 11 is 0. The van der Waals surface area contributed by atoms with Crippen molar-refractivity contribution in [2.75, 3.05) is 11.9 Å². The third-order valence-corrected chi connectivity index (χ3v) is 3.01. The Morgan fingerprint density at radius 2 is 1.84 bits per heavy atom. The van der Waals surface area contributed by atoms with Crippen molar-refractivity contribution < 1.29 is 23.6 Å². The van der Waals surface area contributed by atoms with E-state index in [1.54, 1.807) is 6.07 Å². The lowest BCUT2D eigenvalue weighted by Crippen LogP contribution is -2.20. The maximum atomic E-state index is 12.7. The number of amides is 1. The van der Waals surface area contributed by atoms with Gasteiger partial charge in [-0.05, 0) is 36.4 Å². The lowest BCUT2D eigenvalue weighted by atomic mass is 10.1. The number of hydrogen-bond donors (Lipinski definition) is 1. The van der Waals surface area contributed by atoms with Crippen molar-refractivity contribution in [1.82, 2.24) is 0 Å². The fraction of sp³-hybridized carbons (Fsp3) is 0.0588. The average molecular weight is 344 g/mol. The summed E-state index contributed by atoms with van der Waals surface area (Å²) in [6.07, 6.45) is 2.23. The molecule has 2 aromatic rings. The Kier molecular flexibility index (Phi) is 5.94. The third-order valence-electron chi connectivity index (χ3n) is 3.01. The molecule has 0 saturated heterocycles. The average Bonchev–Trinajstić information content (AvgIpc) is 2.60. The van der Waals surface area contributed by atoms with E-state index in [-0.39, 0.29) is 11.3 Å². The molecule has 0 aromatic heterocycles. The number of ether oxygens (including phenoxy) is 1. The molecule has 8 heteroatoms. The van der Waals surface area contributed by atoms with Gasteiger partial charge in [-0.2, -0.15) is 0 Å². The van der Waals surface area contributed by atoms with E-state index >= 15 is 0 Å². The normalized spacial score (nSPS) is 10.4. The number of anilines is 1. The molecule has 0 unspecified atom stereocenters. The number of halogens is 1. The zero-order chi connectivity index (χ0) is 18.2. The second kappa shape index (κ2) is 8.34. The Morgan fingerprint density at radius 3 is 2.52 bits per heavy atom. The van der Waals surface area contributed by atoms with Crippen LogP contribution in [0.5, 0.6) is 0 Å². The van der Waals surface area contributed by atoms with E-state index in [1.165, 1.54) is 48.5 Å². The molecule has 0 heterocycles. The first-order valence-corrected chi connectivity index (χ1v) is 7.09. The highest BCUT2D eigenvalue weighted by Crippen LogP contribution is 2.18. The monoisotopic (exact) mass is 344 g/mol. The van der Waals surface area contributed by atoms with Crippen LogP contribution in [-0.2, 0) is 14.3 Å². The molecule has 0 spiro atoms. The van der Waals surface area contributed by atoms with Gasteiger partial charge < -0.3 is 10.1 Å². The highest BCUT2D eigenvalue weighted by atomic mass is 19.1. The topological polar surface area (TPSA) is 98.5 Å². The predicted octanol–water partition coefficient (Wildman–Crippen LogP) is 2.93. The van der Waals surface area contributed by atoms with E-state index in [9.17, 15) is 24.1 Å². The van der Waals surface area contributed by atoms with Gasteiger partial charge in [0.25, 0.3) is 11.6 Å². The van der Waals surface area contributed by atoms with Crippen LogP contribution in [0.2, 0.25) is 0 Å². The summed E-state index contributed by atoms with van der Waals surface area (Å²) in [7, 11) is 0. The predicted molar refractivity (Wildman–Crippen MR) is 88.1 cm³/mol. The van der Waals surface area contributed by atoms with Crippen molar-refractivity contribution in [1.29, 1.82) is 0 Å². The van der Waals surface area contributed by atoms with Crippen LogP contribution < -0.4 is 5.32 Å². The number of rotatable bonds is 6. The van der Waals surface area contributed by atoms with E-state index in [1.807, 2.05) is 0 Å². The van der Waals surface area contributed by atoms with E-state index in [2.05, 4.69) is 5.32 Å². The minimum Gasteiger partial charge on any atom is -0.452 e. The number of benzene rings is 2. The van der Waals surface area contributed by atoms with Gasteiger partial charge in [0.1, 0.15) is 5.82 Å². The standard InChI is InChI=1S/C17H13FN2O5/c18-13-6-8-14(9-7-13)19-16(21)11-25-17(22)10-5-12-3-1-2-4-15(12)20(23)24/h1-10H,11H2,(H,19,21). The Labute approximate surface area is 141 Å². The molecule has 0 aliphatic heterocycles. The van der Waals surface area contributed by atoms with Gasteiger partial charge in [0.15, 0.2) is 6.61 Å². The van der Waals surface area contributed by atoms with Crippen LogP contribution in [0.3, 0.4) is 0 Å². The quantitative estimate of drug-likeness (QED) is 0.376. The zero-order valence-corrected chi connectivity index (χ0v) is 12.8. The molecule has 0 aliphatic carbocycles. The van der Waals surface area contributed by atoms with E-state index in [0.29, 0.717) is 5.69 Å². The fourth-order valence-electron chi connectivity index (χ4n) is 1.87. The van der Waals surface area contributed by atoms with Gasteiger partial charge in [-0.3, -0.25) is 14.9 Å². The van der Waals surface area contributed by atoms with Gasteiger partial charge in [0.2, 0.25) is 0 Å². The second-order valence-electron chi connectivity index (χ2n) is 4.81. The van der Waals surface area contributed by atoms with Gasteiger partial charge in [-0.25, -0.2) is 9.18 Å². The maximum Gasteiger partial charge on any atom is 0.331 e. The molecule has 2 aromatic carbocycles. The van der Waals surface area contributed by atoms with Crippen molar-refractivity contribution in [2.45, 2.75) is 0 Å². The van der Waals surface area contributed by atoms with E-state index in [4.69, 9.17) is 4.74 Å². The Bertz CT molecular complexity index is 818. The lowest BCUT2D eigenvalue weighted by molar-refractivity contribution is -0.385. The fourth-order valence-corrected chi connectivity index (χ4v) is 1.87. The summed E-state index contributed by atoms with van der Waals surface area (Å²) < 4.78 is 17.5. The Morgan fingerprint density at radius 1 is 1.16 bits per heavy atom. The van der Waals surface area contributed by atoms with Crippen molar-refractivity contribution in [3.05, 3.63) is 76.1 Å². The van der Waals surface area contributed by atoms with Crippen LogP contribution in [0.1, 0.15) is 5.56 Å². The van der Waals surface area contributed by atoms with Crippen LogP contribution in [0.15, 0.2) is 54.6 Å². The smallest absolute Gasteiger partial charge is 0.331 e. The molecule has 0 saturated carbocycles. The molecule has 0 aliphatic rings. The van der Waals surface area contributed by atoms with Crippen molar-refractivity contribution in [3.63, 3.8) is 0 Å². The van der Waals surface area contributed by atoms with E-state index in [0.717, 1.165) is 6.08 Å². The minimum absolute atomic E-state index is 0.152. The molecular formula is C17H13FN2O5.